The number of halogens is 1. The third-order valence-corrected chi connectivity index (χ3v) is 5.95. The van der Waals surface area contributed by atoms with Crippen molar-refractivity contribution in [3.63, 3.8) is 0 Å². The summed E-state index contributed by atoms with van der Waals surface area (Å²) in [6.45, 7) is 2.09. The maximum atomic E-state index is 13.8. The number of nitrogens with zero attached hydrogens (tertiary/aromatic N) is 3. The first-order chi connectivity index (χ1) is 14.7. The lowest BCUT2D eigenvalue weighted by Crippen LogP contribution is -2.10. The van der Waals surface area contributed by atoms with E-state index in [-0.39, 0.29) is 5.82 Å². The van der Waals surface area contributed by atoms with Crippen LogP contribution < -0.4 is 5.32 Å². The Morgan fingerprint density at radius 2 is 1.83 bits per heavy atom. The molecule has 1 fully saturated rings. The van der Waals surface area contributed by atoms with E-state index in [2.05, 4.69) is 40.6 Å². The minimum atomic E-state index is -0.301. The van der Waals surface area contributed by atoms with E-state index in [0.29, 0.717) is 23.1 Å². The van der Waals surface area contributed by atoms with Gasteiger partial charge in [0.1, 0.15) is 5.82 Å². The molecule has 0 radical (unpaired) electrons. The van der Waals surface area contributed by atoms with E-state index in [0.717, 1.165) is 35.3 Å². The molecule has 6 heteroatoms. The summed E-state index contributed by atoms with van der Waals surface area (Å²) in [5.41, 5.74) is 5.00. The van der Waals surface area contributed by atoms with Gasteiger partial charge in [0.15, 0.2) is 5.82 Å². The van der Waals surface area contributed by atoms with Crippen LogP contribution in [-0.4, -0.2) is 20.2 Å². The van der Waals surface area contributed by atoms with E-state index in [1.165, 1.54) is 37.0 Å². The molecule has 152 valence electrons. The molecule has 1 saturated carbocycles. The molecule has 5 rings (SSSR count). The second kappa shape index (κ2) is 7.86. The van der Waals surface area contributed by atoms with Gasteiger partial charge >= 0.3 is 0 Å². The van der Waals surface area contributed by atoms with Crippen LogP contribution in [0.25, 0.3) is 22.2 Å². The van der Waals surface area contributed by atoms with Crippen molar-refractivity contribution < 1.29 is 4.39 Å². The Balaban J connectivity index is 1.58. The van der Waals surface area contributed by atoms with Crippen LogP contribution in [-0.2, 0) is 0 Å². The number of benzene rings is 2. The quantitative estimate of drug-likeness (QED) is 0.424. The highest BCUT2D eigenvalue weighted by Gasteiger charge is 2.20. The zero-order valence-electron chi connectivity index (χ0n) is 17.0. The number of aromatic nitrogens is 4. The zero-order chi connectivity index (χ0) is 20.5. The van der Waals surface area contributed by atoms with Gasteiger partial charge in [0.2, 0.25) is 5.95 Å². The molecule has 30 heavy (non-hydrogen) atoms. The standard InChI is InChI=1S/C24H24FN5/c1-15-7-5-6-10-18(15)22-14-21(16-8-3-2-4-9-16)26-24(27-22)28-23-19-13-17(25)11-12-20(19)29-30-23/h5-7,10-14,16H,2-4,8-9H2,1H3,(H2,26,27,28,29,30). The third kappa shape index (κ3) is 3.65. The lowest BCUT2D eigenvalue weighted by molar-refractivity contribution is 0.436. The lowest BCUT2D eigenvalue weighted by atomic mass is 9.86. The number of hydrogen-bond acceptors (Lipinski definition) is 4. The van der Waals surface area contributed by atoms with Crippen LogP contribution in [0.3, 0.4) is 0 Å². The van der Waals surface area contributed by atoms with Crippen LogP contribution in [0.5, 0.6) is 0 Å². The molecule has 5 nitrogen and oxygen atoms in total. The van der Waals surface area contributed by atoms with Crippen LogP contribution >= 0.6 is 0 Å². The Morgan fingerprint density at radius 3 is 2.67 bits per heavy atom. The van der Waals surface area contributed by atoms with Gasteiger partial charge in [0.05, 0.1) is 11.2 Å². The molecule has 2 heterocycles. The minimum absolute atomic E-state index is 0.301. The minimum Gasteiger partial charge on any atom is -0.307 e. The number of H-pyrrole nitrogens is 1. The van der Waals surface area contributed by atoms with Crippen LogP contribution in [0.1, 0.15) is 49.3 Å². The summed E-state index contributed by atoms with van der Waals surface area (Å²) in [5.74, 6) is 1.16. The number of rotatable bonds is 4. The number of anilines is 2. The largest absolute Gasteiger partial charge is 0.307 e. The van der Waals surface area contributed by atoms with E-state index in [9.17, 15) is 4.39 Å². The van der Waals surface area contributed by atoms with Gasteiger partial charge < -0.3 is 5.32 Å². The first kappa shape index (κ1) is 18.7. The van der Waals surface area contributed by atoms with Crippen LogP contribution in [0.15, 0.2) is 48.5 Å². The summed E-state index contributed by atoms with van der Waals surface area (Å²) in [6.07, 6.45) is 6.07. The summed E-state index contributed by atoms with van der Waals surface area (Å²) in [4.78, 5) is 9.64. The maximum absolute atomic E-state index is 13.8. The highest BCUT2D eigenvalue weighted by atomic mass is 19.1. The van der Waals surface area contributed by atoms with Crippen LogP contribution in [0, 0.1) is 12.7 Å². The van der Waals surface area contributed by atoms with Crippen molar-refractivity contribution in [3.8, 4) is 11.3 Å². The van der Waals surface area contributed by atoms with Gasteiger partial charge in [0, 0.05) is 22.6 Å². The number of aryl methyl sites for hydroxylation is 1. The van der Waals surface area contributed by atoms with Crippen molar-refractivity contribution in [2.45, 2.75) is 44.9 Å². The van der Waals surface area contributed by atoms with Crippen molar-refractivity contribution in [2.24, 2.45) is 0 Å². The highest BCUT2D eigenvalue weighted by Crippen LogP contribution is 2.34. The van der Waals surface area contributed by atoms with Gasteiger partial charge in [-0.2, -0.15) is 5.10 Å². The molecule has 2 N–H and O–H groups in total. The number of nitrogens with one attached hydrogen (secondary N) is 2. The zero-order valence-corrected chi connectivity index (χ0v) is 17.0. The van der Waals surface area contributed by atoms with E-state index < -0.39 is 0 Å². The molecule has 2 aromatic heterocycles. The average Bonchev–Trinajstić information content (AvgIpc) is 3.16. The summed E-state index contributed by atoms with van der Waals surface area (Å²) in [6, 6.07) is 14.9. The summed E-state index contributed by atoms with van der Waals surface area (Å²) in [5, 5.41) is 11.2. The van der Waals surface area contributed by atoms with Crippen LogP contribution in [0.2, 0.25) is 0 Å². The van der Waals surface area contributed by atoms with Gasteiger partial charge in [0.25, 0.3) is 0 Å². The first-order valence-corrected chi connectivity index (χ1v) is 10.5. The molecule has 0 amide bonds. The average molecular weight is 401 g/mol. The molecular weight excluding hydrogens is 377 g/mol. The second-order valence-corrected chi connectivity index (χ2v) is 8.04. The number of hydrogen-bond donors (Lipinski definition) is 2. The van der Waals surface area contributed by atoms with Gasteiger partial charge in [-0.05, 0) is 49.6 Å². The molecular formula is C24H24FN5. The molecule has 2 aromatic carbocycles. The Labute approximate surface area is 174 Å². The Kier molecular flexibility index (Phi) is 4.91. The Hall–Kier alpha value is -3.28. The Morgan fingerprint density at radius 1 is 1.00 bits per heavy atom. The SMILES string of the molecule is Cc1ccccc1-c1cc(C2CCCCC2)nc(Nc2n[nH]c3ccc(F)cc23)n1. The van der Waals surface area contributed by atoms with Crippen molar-refractivity contribution in [3.05, 3.63) is 65.6 Å². The molecule has 1 aliphatic rings. The van der Waals surface area contributed by atoms with Crippen molar-refractivity contribution in [2.75, 3.05) is 5.32 Å². The summed E-state index contributed by atoms with van der Waals surface area (Å²) in [7, 11) is 0. The molecule has 1 aliphatic carbocycles. The molecule has 0 aliphatic heterocycles. The fourth-order valence-corrected chi connectivity index (χ4v) is 4.32. The normalized spacial score (nSPS) is 14.9. The lowest BCUT2D eigenvalue weighted by Gasteiger charge is -2.22. The van der Waals surface area contributed by atoms with Crippen LogP contribution in [0.4, 0.5) is 16.2 Å². The van der Waals surface area contributed by atoms with E-state index in [1.807, 2.05) is 12.1 Å². The van der Waals surface area contributed by atoms with Gasteiger partial charge in [-0.25, -0.2) is 14.4 Å². The predicted molar refractivity (Wildman–Crippen MR) is 117 cm³/mol. The fourth-order valence-electron chi connectivity index (χ4n) is 4.32. The summed E-state index contributed by atoms with van der Waals surface area (Å²) >= 11 is 0. The van der Waals surface area contributed by atoms with Gasteiger partial charge in [-0.15, -0.1) is 0 Å². The first-order valence-electron chi connectivity index (χ1n) is 10.5. The smallest absolute Gasteiger partial charge is 0.229 e. The molecule has 0 atom stereocenters. The van der Waals surface area contributed by atoms with E-state index in [1.54, 1.807) is 6.07 Å². The highest BCUT2D eigenvalue weighted by molar-refractivity contribution is 5.91. The van der Waals surface area contributed by atoms with E-state index in [4.69, 9.17) is 9.97 Å². The molecule has 4 aromatic rings. The molecule has 0 spiro atoms. The van der Waals surface area contributed by atoms with Gasteiger partial charge in [-0.1, -0.05) is 43.5 Å². The fraction of sp³-hybridized carbons (Fsp3) is 0.292. The number of fused-ring (bicyclic) bond motifs is 1. The monoisotopic (exact) mass is 401 g/mol. The topological polar surface area (TPSA) is 66.5 Å². The molecule has 0 saturated heterocycles. The number of aromatic amines is 1. The van der Waals surface area contributed by atoms with Crippen molar-refractivity contribution in [1.82, 2.24) is 20.2 Å². The summed E-state index contributed by atoms with van der Waals surface area (Å²) < 4.78 is 13.8. The van der Waals surface area contributed by atoms with Crippen molar-refractivity contribution in [1.29, 1.82) is 0 Å². The second-order valence-electron chi connectivity index (χ2n) is 8.04. The Bertz CT molecular complexity index is 1190. The molecule has 0 unspecified atom stereocenters. The van der Waals surface area contributed by atoms with E-state index >= 15 is 0 Å². The predicted octanol–water partition coefficient (Wildman–Crippen LogP) is 6.26. The third-order valence-electron chi connectivity index (χ3n) is 5.95. The van der Waals surface area contributed by atoms with Crippen molar-refractivity contribution >= 4 is 22.7 Å². The maximum Gasteiger partial charge on any atom is 0.229 e. The molecule has 0 bridgehead atoms. The van der Waals surface area contributed by atoms with Gasteiger partial charge in [-0.3, -0.25) is 5.10 Å².